The Morgan fingerprint density at radius 3 is 3.00 bits per heavy atom. The molecule has 19 heavy (non-hydrogen) atoms. The molecule has 1 fully saturated rings. The quantitative estimate of drug-likeness (QED) is 0.856. The van der Waals surface area contributed by atoms with E-state index in [9.17, 15) is 0 Å². The molecule has 2 rings (SSSR count). The van der Waals surface area contributed by atoms with E-state index >= 15 is 0 Å². The van der Waals surface area contributed by atoms with Gasteiger partial charge in [0.2, 0.25) is 0 Å². The van der Waals surface area contributed by atoms with Crippen LogP contribution in [0.15, 0.2) is 18.2 Å². The number of rotatable bonds is 6. The summed E-state index contributed by atoms with van der Waals surface area (Å²) in [6.07, 6.45) is 6.17. The van der Waals surface area contributed by atoms with Crippen LogP contribution in [0.3, 0.4) is 0 Å². The van der Waals surface area contributed by atoms with E-state index in [4.69, 9.17) is 15.2 Å². The van der Waals surface area contributed by atoms with E-state index in [1.54, 1.807) is 7.11 Å². The zero-order valence-corrected chi connectivity index (χ0v) is 12.0. The normalized spacial score (nSPS) is 20.5. The molecule has 0 aliphatic carbocycles. The van der Waals surface area contributed by atoms with Gasteiger partial charge < -0.3 is 15.2 Å². The number of methoxy groups -OCH3 is 1. The fourth-order valence-corrected chi connectivity index (χ4v) is 2.67. The second-order valence-corrected chi connectivity index (χ2v) is 5.40. The van der Waals surface area contributed by atoms with Crippen LogP contribution in [0.4, 0.5) is 0 Å². The summed E-state index contributed by atoms with van der Waals surface area (Å²) in [5, 5.41) is 0. The molecule has 1 aliphatic rings. The zero-order chi connectivity index (χ0) is 13.7. The van der Waals surface area contributed by atoms with Crippen LogP contribution in [0.1, 0.15) is 49.3 Å². The maximum atomic E-state index is 6.26. The van der Waals surface area contributed by atoms with Crippen molar-refractivity contribution in [2.45, 2.75) is 51.2 Å². The third-order valence-electron chi connectivity index (χ3n) is 3.93. The minimum absolute atomic E-state index is 0.0934. The molecule has 0 saturated carbocycles. The van der Waals surface area contributed by atoms with Gasteiger partial charge in [-0.2, -0.15) is 0 Å². The second-order valence-electron chi connectivity index (χ2n) is 5.40. The van der Waals surface area contributed by atoms with Crippen LogP contribution in [-0.2, 0) is 4.74 Å². The van der Waals surface area contributed by atoms with Crippen molar-refractivity contribution in [3.63, 3.8) is 0 Å². The molecular formula is C16H25NO2. The Hall–Kier alpha value is -1.06. The summed E-state index contributed by atoms with van der Waals surface area (Å²) in [6.45, 7) is 2.98. The average molecular weight is 263 g/mol. The van der Waals surface area contributed by atoms with Crippen molar-refractivity contribution in [3.8, 4) is 5.75 Å². The summed E-state index contributed by atoms with van der Waals surface area (Å²) < 4.78 is 11.0. The first kappa shape index (κ1) is 14.4. The second kappa shape index (κ2) is 6.92. The molecule has 1 aliphatic heterocycles. The van der Waals surface area contributed by atoms with Gasteiger partial charge >= 0.3 is 0 Å². The predicted molar refractivity (Wildman–Crippen MR) is 77.5 cm³/mol. The molecule has 1 saturated heterocycles. The summed E-state index contributed by atoms with van der Waals surface area (Å²) in [7, 11) is 1.70. The Morgan fingerprint density at radius 1 is 1.47 bits per heavy atom. The highest BCUT2D eigenvalue weighted by Gasteiger charge is 2.16. The van der Waals surface area contributed by atoms with Gasteiger partial charge in [0.1, 0.15) is 5.75 Å². The summed E-state index contributed by atoms with van der Waals surface area (Å²) in [5.41, 5.74) is 8.57. The molecule has 0 aromatic heterocycles. The van der Waals surface area contributed by atoms with Crippen LogP contribution in [0.2, 0.25) is 0 Å². The third kappa shape index (κ3) is 3.95. The minimum atomic E-state index is 0.0934. The molecule has 1 heterocycles. The van der Waals surface area contributed by atoms with E-state index in [0.717, 1.165) is 42.7 Å². The van der Waals surface area contributed by atoms with Crippen molar-refractivity contribution in [1.82, 2.24) is 0 Å². The smallest absolute Gasteiger partial charge is 0.122 e. The van der Waals surface area contributed by atoms with E-state index < -0.39 is 0 Å². The zero-order valence-electron chi connectivity index (χ0n) is 12.0. The van der Waals surface area contributed by atoms with Crippen molar-refractivity contribution >= 4 is 0 Å². The van der Waals surface area contributed by atoms with E-state index in [-0.39, 0.29) is 6.04 Å². The highest BCUT2D eigenvalue weighted by Crippen LogP contribution is 2.26. The van der Waals surface area contributed by atoms with E-state index in [0.29, 0.717) is 6.10 Å². The molecule has 106 valence electrons. The minimum Gasteiger partial charge on any atom is -0.496 e. The lowest BCUT2D eigenvalue weighted by Gasteiger charge is -2.15. The maximum Gasteiger partial charge on any atom is 0.122 e. The maximum absolute atomic E-state index is 6.26. The molecular weight excluding hydrogens is 238 g/mol. The van der Waals surface area contributed by atoms with Crippen molar-refractivity contribution in [2.24, 2.45) is 5.73 Å². The Balaban J connectivity index is 1.83. The van der Waals surface area contributed by atoms with Crippen molar-refractivity contribution < 1.29 is 9.47 Å². The highest BCUT2D eigenvalue weighted by molar-refractivity contribution is 5.37. The molecule has 0 radical (unpaired) electrons. The van der Waals surface area contributed by atoms with Crippen LogP contribution >= 0.6 is 0 Å². The van der Waals surface area contributed by atoms with E-state index in [2.05, 4.69) is 18.2 Å². The Morgan fingerprint density at radius 2 is 2.32 bits per heavy atom. The first-order valence-electron chi connectivity index (χ1n) is 7.22. The number of aryl methyl sites for hydroxylation is 1. The Kier molecular flexibility index (Phi) is 5.23. The van der Waals surface area contributed by atoms with Crippen LogP contribution in [0, 0.1) is 6.92 Å². The van der Waals surface area contributed by atoms with Gasteiger partial charge in [0.15, 0.2) is 0 Å². The monoisotopic (exact) mass is 263 g/mol. The highest BCUT2D eigenvalue weighted by atomic mass is 16.5. The molecule has 3 heteroatoms. The van der Waals surface area contributed by atoms with Crippen LogP contribution < -0.4 is 10.5 Å². The van der Waals surface area contributed by atoms with Gasteiger partial charge in [-0.3, -0.25) is 0 Å². The molecule has 1 aromatic carbocycles. The Bertz CT molecular complexity index is 400. The lowest BCUT2D eigenvalue weighted by molar-refractivity contribution is 0.101. The van der Waals surface area contributed by atoms with Gasteiger partial charge in [0.05, 0.1) is 13.2 Å². The van der Waals surface area contributed by atoms with Gasteiger partial charge in [-0.25, -0.2) is 0 Å². The van der Waals surface area contributed by atoms with Gasteiger partial charge in [0.25, 0.3) is 0 Å². The number of benzene rings is 1. The summed E-state index contributed by atoms with van der Waals surface area (Å²) >= 11 is 0. The standard InChI is InChI=1S/C16H25NO2/c1-12-8-9-13(11-16(12)18-2)15(17)7-3-5-14-6-4-10-19-14/h8-9,11,14-15H,3-7,10,17H2,1-2H3. The molecule has 1 aromatic rings. The largest absolute Gasteiger partial charge is 0.496 e. The summed E-state index contributed by atoms with van der Waals surface area (Å²) in [5.74, 6) is 0.923. The lowest BCUT2D eigenvalue weighted by atomic mass is 9.99. The Labute approximate surface area is 116 Å². The molecule has 0 spiro atoms. The van der Waals surface area contributed by atoms with Crippen molar-refractivity contribution in [1.29, 1.82) is 0 Å². The fourth-order valence-electron chi connectivity index (χ4n) is 2.67. The van der Waals surface area contributed by atoms with Gasteiger partial charge in [-0.1, -0.05) is 12.1 Å². The van der Waals surface area contributed by atoms with Crippen molar-refractivity contribution in [2.75, 3.05) is 13.7 Å². The number of nitrogens with two attached hydrogens (primary N) is 1. The molecule has 0 bridgehead atoms. The fraction of sp³-hybridized carbons (Fsp3) is 0.625. The predicted octanol–water partition coefficient (Wildman–Crippen LogP) is 3.35. The number of hydrogen-bond donors (Lipinski definition) is 1. The van der Waals surface area contributed by atoms with Crippen LogP contribution in [-0.4, -0.2) is 19.8 Å². The van der Waals surface area contributed by atoms with Crippen LogP contribution in [0.5, 0.6) is 5.75 Å². The van der Waals surface area contributed by atoms with Crippen molar-refractivity contribution in [3.05, 3.63) is 29.3 Å². The third-order valence-corrected chi connectivity index (χ3v) is 3.93. The topological polar surface area (TPSA) is 44.5 Å². The molecule has 3 nitrogen and oxygen atoms in total. The number of ether oxygens (including phenoxy) is 2. The summed E-state index contributed by atoms with van der Waals surface area (Å²) in [6, 6.07) is 6.34. The molecule has 0 amide bonds. The number of hydrogen-bond acceptors (Lipinski definition) is 3. The van der Waals surface area contributed by atoms with E-state index in [1.807, 2.05) is 6.92 Å². The van der Waals surface area contributed by atoms with Crippen LogP contribution in [0.25, 0.3) is 0 Å². The summed E-state index contributed by atoms with van der Waals surface area (Å²) in [4.78, 5) is 0. The first-order valence-corrected chi connectivity index (χ1v) is 7.22. The molecule has 2 N–H and O–H groups in total. The average Bonchev–Trinajstić information content (AvgIpc) is 2.92. The lowest BCUT2D eigenvalue weighted by Crippen LogP contribution is -2.12. The van der Waals surface area contributed by atoms with Gasteiger partial charge in [-0.15, -0.1) is 0 Å². The molecule has 2 atom stereocenters. The van der Waals surface area contributed by atoms with Gasteiger partial charge in [-0.05, 0) is 56.2 Å². The van der Waals surface area contributed by atoms with Gasteiger partial charge in [0, 0.05) is 12.6 Å². The SMILES string of the molecule is COc1cc(C(N)CCCC2CCCO2)ccc1C. The molecule has 2 unspecified atom stereocenters. The van der Waals surface area contributed by atoms with E-state index in [1.165, 1.54) is 12.8 Å². The first-order chi connectivity index (χ1) is 9.20.